The number of hydrogen-bond donors (Lipinski definition) is 3. The molecule has 1 atom stereocenters. The Morgan fingerprint density at radius 3 is 2.96 bits per heavy atom. The first-order valence-electron chi connectivity index (χ1n) is 9.73. The molecule has 3 heterocycles. The van der Waals surface area contributed by atoms with Gasteiger partial charge in [0.1, 0.15) is 17.0 Å². The van der Waals surface area contributed by atoms with Crippen molar-refractivity contribution in [1.29, 1.82) is 0 Å². The second-order valence-corrected chi connectivity index (χ2v) is 7.99. The number of rotatable bonds is 9. The molecule has 0 spiro atoms. The summed E-state index contributed by atoms with van der Waals surface area (Å²) in [7, 11) is 0. The molecule has 28 heavy (non-hydrogen) atoms. The van der Waals surface area contributed by atoms with Crippen molar-refractivity contribution in [3.63, 3.8) is 0 Å². The predicted octanol–water partition coefficient (Wildman–Crippen LogP) is 1.92. The third kappa shape index (κ3) is 4.59. The number of nitrogens with zero attached hydrogens (tertiary/aromatic N) is 3. The highest BCUT2D eigenvalue weighted by Gasteiger charge is 2.21. The van der Waals surface area contributed by atoms with E-state index in [0.29, 0.717) is 30.1 Å². The van der Waals surface area contributed by atoms with Crippen LogP contribution in [0.25, 0.3) is 10.2 Å². The van der Waals surface area contributed by atoms with Gasteiger partial charge in [-0.25, -0.2) is 9.97 Å². The zero-order valence-electron chi connectivity index (χ0n) is 16.3. The second-order valence-electron chi connectivity index (χ2n) is 7.00. The van der Waals surface area contributed by atoms with Crippen molar-refractivity contribution in [3.05, 3.63) is 16.8 Å². The van der Waals surface area contributed by atoms with Gasteiger partial charge >= 0.3 is 0 Å². The summed E-state index contributed by atoms with van der Waals surface area (Å²) < 4.78 is 0. The number of nitrogens with one attached hydrogen (secondary N) is 2. The maximum atomic E-state index is 12.5. The Balaban J connectivity index is 1.65. The molecule has 3 N–H and O–H groups in total. The van der Waals surface area contributed by atoms with Crippen LogP contribution in [0.2, 0.25) is 0 Å². The summed E-state index contributed by atoms with van der Waals surface area (Å²) in [4.78, 5) is 36.1. The summed E-state index contributed by atoms with van der Waals surface area (Å²) in [6.07, 6.45) is 3.99. The van der Waals surface area contributed by atoms with Gasteiger partial charge in [-0.15, -0.1) is 11.3 Å². The lowest BCUT2D eigenvalue weighted by Gasteiger charge is -2.15. The zero-order valence-corrected chi connectivity index (χ0v) is 17.1. The first-order valence-corrected chi connectivity index (χ1v) is 10.5. The fraction of sp³-hybridized carbons (Fsp3) is 0.579. The highest BCUT2D eigenvalue weighted by Crippen LogP contribution is 2.33. The molecular formula is C19H27N5O3S. The van der Waals surface area contributed by atoms with Crippen LogP contribution in [-0.4, -0.2) is 64.1 Å². The Morgan fingerprint density at radius 1 is 1.43 bits per heavy atom. The molecule has 0 bridgehead atoms. The zero-order chi connectivity index (χ0) is 20.1. The van der Waals surface area contributed by atoms with Crippen molar-refractivity contribution in [2.75, 3.05) is 31.5 Å². The molecule has 0 radical (unpaired) electrons. The summed E-state index contributed by atoms with van der Waals surface area (Å²) >= 11 is 1.33. The number of carbonyl (C=O) groups is 2. The number of hydrogen-bond acceptors (Lipinski definition) is 7. The highest BCUT2D eigenvalue weighted by atomic mass is 32.1. The fourth-order valence-corrected chi connectivity index (χ4v) is 4.34. The molecule has 0 aromatic carbocycles. The topological polar surface area (TPSA) is 107 Å². The molecule has 9 heteroatoms. The van der Waals surface area contributed by atoms with E-state index in [-0.39, 0.29) is 18.4 Å². The third-order valence-corrected chi connectivity index (χ3v) is 6.17. The Bertz CT molecular complexity index is 853. The summed E-state index contributed by atoms with van der Waals surface area (Å²) in [5.74, 6) is 0.743. The van der Waals surface area contributed by atoms with Gasteiger partial charge in [0.15, 0.2) is 0 Å². The van der Waals surface area contributed by atoms with E-state index in [2.05, 4.69) is 20.6 Å². The second kappa shape index (κ2) is 9.29. The van der Waals surface area contributed by atoms with Gasteiger partial charge in [0.25, 0.3) is 5.91 Å². The van der Waals surface area contributed by atoms with Gasteiger partial charge < -0.3 is 20.6 Å². The minimum Gasteiger partial charge on any atom is -0.391 e. The van der Waals surface area contributed by atoms with Crippen LogP contribution in [0.1, 0.15) is 47.8 Å². The number of amides is 2. The Labute approximate surface area is 168 Å². The van der Waals surface area contributed by atoms with E-state index >= 15 is 0 Å². The van der Waals surface area contributed by atoms with Crippen LogP contribution < -0.4 is 10.6 Å². The van der Waals surface area contributed by atoms with Crippen LogP contribution in [0.3, 0.4) is 0 Å². The Morgan fingerprint density at radius 2 is 2.25 bits per heavy atom. The normalized spacial score (nSPS) is 15.2. The third-order valence-electron chi connectivity index (χ3n) is 4.97. The standard InChI is InChI=1S/C19H27N5O3S/c1-3-13(25)10-21-18(27)16-12(2)15-17(22-11-23-19(15)28-16)20-7-5-9-24-8-4-6-14(24)26/h11,13,25H,3-10H2,1-2H3,(H,21,27)(H,20,22,23). The van der Waals surface area contributed by atoms with Crippen molar-refractivity contribution in [1.82, 2.24) is 20.2 Å². The van der Waals surface area contributed by atoms with E-state index in [0.717, 1.165) is 41.7 Å². The average molecular weight is 406 g/mol. The number of likely N-dealkylation sites (tertiary alicyclic amines) is 1. The smallest absolute Gasteiger partial charge is 0.261 e. The summed E-state index contributed by atoms with van der Waals surface area (Å²) in [5, 5.41) is 16.6. The summed E-state index contributed by atoms with van der Waals surface area (Å²) in [6, 6.07) is 0. The number of anilines is 1. The van der Waals surface area contributed by atoms with Crippen LogP contribution in [-0.2, 0) is 4.79 Å². The fourth-order valence-electron chi connectivity index (χ4n) is 3.27. The molecule has 1 unspecified atom stereocenters. The lowest BCUT2D eigenvalue weighted by atomic mass is 10.2. The SMILES string of the molecule is CCC(O)CNC(=O)c1sc2ncnc(NCCCN3CCCC3=O)c2c1C. The number of aliphatic hydroxyl groups excluding tert-OH is 1. The van der Waals surface area contributed by atoms with Gasteiger partial charge in [0.05, 0.1) is 16.4 Å². The quantitative estimate of drug-likeness (QED) is 0.550. The number of aryl methyl sites for hydroxylation is 1. The summed E-state index contributed by atoms with van der Waals surface area (Å²) in [5.41, 5.74) is 0.835. The van der Waals surface area contributed by atoms with Crippen LogP contribution in [0.15, 0.2) is 6.33 Å². The molecule has 1 aliphatic heterocycles. The number of thiophene rings is 1. The molecule has 8 nitrogen and oxygen atoms in total. The molecule has 152 valence electrons. The molecule has 1 aliphatic rings. The lowest BCUT2D eigenvalue weighted by molar-refractivity contribution is -0.127. The van der Waals surface area contributed by atoms with Crippen molar-refractivity contribution < 1.29 is 14.7 Å². The molecule has 1 fully saturated rings. The van der Waals surface area contributed by atoms with Crippen LogP contribution in [0.4, 0.5) is 5.82 Å². The maximum absolute atomic E-state index is 12.5. The average Bonchev–Trinajstić information content (AvgIpc) is 3.26. The Hall–Kier alpha value is -2.26. The van der Waals surface area contributed by atoms with Gasteiger partial charge in [0.2, 0.25) is 5.91 Å². The van der Waals surface area contributed by atoms with E-state index in [9.17, 15) is 14.7 Å². The van der Waals surface area contributed by atoms with Gasteiger partial charge in [0, 0.05) is 32.6 Å². The highest BCUT2D eigenvalue weighted by molar-refractivity contribution is 7.20. The van der Waals surface area contributed by atoms with Crippen LogP contribution in [0.5, 0.6) is 0 Å². The van der Waals surface area contributed by atoms with E-state index in [1.165, 1.54) is 17.7 Å². The lowest BCUT2D eigenvalue weighted by Crippen LogP contribution is -2.31. The molecule has 0 saturated carbocycles. The first kappa shape index (κ1) is 20.5. The van der Waals surface area contributed by atoms with Gasteiger partial charge in [-0.1, -0.05) is 6.92 Å². The van der Waals surface area contributed by atoms with Crippen molar-refractivity contribution in [2.24, 2.45) is 0 Å². The van der Waals surface area contributed by atoms with E-state index in [1.807, 2.05) is 18.7 Å². The monoisotopic (exact) mass is 405 g/mol. The van der Waals surface area contributed by atoms with Crippen molar-refractivity contribution in [3.8, 4) is 0 Å². The molecular weight excluding hydrogens is 378 g/mol. The summed E-state index contributed by atoms with van der Waals surface area (Å²) in [6.45, 7) is 6.28. The molecule has 2 aromatic heterocycles. The predicted molar refractivity (Wildman–Crippen MR) is 110 cm³/mol. The number of aromatic nitrogens is 2. The molecule has 0 aliphatic carbocycles. The minimum atomic E-state index is -0.543. The van der Waals surface area contributed by atoms with Gasteiger partial charge in [-0.05, 0) is 31.7 Å². The number of carbonyl (C=O) groups excluding carboxylic acids is 2. The molecule has 3 rings (SSSR count). The number of aliphatic hydroxyl groups is 1. The van der Waals surface area contributed by atoms with Gasteiger partial charge in [-0.2, -0.15) is 0 Å². The van der Waals surface area contributed by atoms with E-state index < -0.39 is 6.10 Å². The maximum Gasteiger partial charge on any atom is 0.261 e. The van der Waals surface area contributed by atoms with Crippen LogP contribution >= 0.6 is 11.3 Å². The number of fused-ring (bicyclic) bond motifs is 1. The minimum absolute atomic E-state index is 0.202. The largest absolute Gasteiger partial charge is 0.391 e. The van der Waals surface area contributed by atoms with Crippen molar-refractivity contribution >= 4 is 39.2 Å². The Kier molecular flexibility index (Phi) is 6.79. The van der Waals surface area contributed by atoms with Gasteiger partial charge in [-0.3, -0.25) is 9.59 Å². The molecule has 1 saturated heterocycles. The molecule has 2 aromatic rings. The van der Waals surface area contributed by atoms with Crippen molar-refractivity contribution in [2.45, 2.75) is 45.6 Å². The van der Waals surface area contributed by atoms with E-state index in [1.54, 1.807) is 0 Å². The van der Waals surface area contributed by atoms with E-state index in [4.69, 9.17) is 0 Å². The molecule has 2 amide bonds. The first-order chi connectivity index (χ1) is 13.5. The van der Waals surface area contributed by atoms with Crippen LogP contribution in [0, 0.1) is 6.92 Å².